The number of hydrogen-bond acceptors (Lipinski definition) is 9. The molecule has 2 rings (SSSR count). The molecule has 2 aliphatic rings. The van der Waals surface area contributed by atoms with E-state index >= 15 is 0 Å². The molecule has 0 spiro atoms. The normalized spacial score (nSPS) is 44.2. The third-order valence-electron chi connectivity index (χ3n) is 4.20. The van der Waals surface area contributed by atoms with Crippen LogP contribution in [0.2, 0.25) is 0 Å². The number of allylic oxidation sites excluding steroid dienone is 1. The van der Waals surface area contributed by atoms with Gasteiger partial charge in [0.25, 0.3) is 0 Å². The van der Waals surface area contributed by atoms with Crippen molar-refractivity contribution in [2.45, 2.75) is 55.6 Å². The minimum atomic E-state index is -2.30. The van der Waals surface area contributed by atoms with E-state index in [0.29, 0.717) is 0 Å². The molecule has 7 N–H and O–H groups in total. The number of rotatable bonds is 0. The van der Waals surface area contributed by atoms with Crippen LogP contribution < -0.4 is 0 Å². The van der Waals surface area contributed by atoms with Gasteiger partial charge in [0, 0.05) is 5.57 Å². The van der Waals surface area contributed by atoms with Gasteiger partial charge in [0.2, 0.25) is 11.6 Å². The van der Waals surface area contributed by atoms with Gasteiger partial charge in [-0.1, -0.05) is 0 Å². The second-order valence-corrected chi connectivity index (χ2v) is 5.54. The van der Waals surface area contributed by atoms with E-state index in [2.05, 4.69) is 0 Å². The number of aliphatic hydroxyl groups excluding tert-OH is 7. The first-order valence-electron chi connectivity index (χ1n) is 6.75. The Kier molecular flexibility index (Phi) is 4.78. The number of carbonyl (C=O) groups excluding carboxylic acids is 2. The van der Waals surface area contributed by atoms with E-state index in [4.69, 9.17) is 0 Å². The van der Waals surface area contributed by atoms with Crippen LogP contribution in [-0.2, 0) is 9.59 Å². The molecule has 0 amide bonds. The van der Waals surface area contributed by atoms with Gasteiger partial charge in [-0.3, -0.25) is 9.59 Å². The van der Waals surface area contributed by atoms with Gasteiger partial charge in [-0.2, -0.15) is 0 Å². The van der Waals surface area contributed by atoms with Gasteiger partial charge in [-0.15, -0.1) is 0 Å². The van der Waals surface area contributed by atoms with Crippen LogP contribution in [0.5, 0.6) is 0 Å². The molecule has 0 heterocycles. The molecule has 0 aromatic rings. The van der Waals surface area contributed by atoms with Crippen molar-refractivity contribution in [3.63, 3.8) is 0 Å². The van der Waals surface area contributed by atoms with Crippen LogP contribution in [0.25, 0.3) is 0 Å². The third kappa shape index (κ3) is 2.61. The first-order valence-corrected chi connectivity index (χ1v) is 6.75. The molecule has 0 radical (unpaired) electrons. The Morgan fingerprint density at radius 1 is 0.636 bits per heavy atom. The fourth-order valence-corrected chi connectivity index (χ4v) is 2.60. The van der Waals surface area contributed by atoms with Gasteiger partial charge in [-0.25, -0.2) is 0 Å². The average molecular weight is 318 g/mol. The molecule has 0 bridgehead atoms. The highest BCUT2D eigenvalue weighted by atomic mass is 16.4. The van der Waals surface area contributed by atoms with E-state index in [1.165, 1.54) is 0 Å². The summed E-state index contributed by atoms with van der Waals surface area (Å²) in [5, 5.41) is 68.2. The first kappa shape index (κ1) is 17.2. The van der Waals surface area contributed by atoms with Crippen molar-refractivity contribution < 1.29 is 45.3 Å². The zero-order valence-electron chi connectivity index (χ0n) is 11.4. The Hall–Kier alpha value is -1.20. The lowest BCUT2D eigenvalue weighted by Gasteiger charge is -2.33. The Morgan fingerprint density at radius 2 is 1.09 bits per heavy atom. The monoisotopic (exact) mass is 318 g/mol. The minimum Gasteiger partial charge on any atom is -0.387 e. The van der Waals surface area contributed by atoms with Crippen LogP contribution in [0.15, 0.2) is 11.1 Å². The summed E-state index contributed by atoms with van der Waals surface area (Å²) in [6, 6.07) is 0. The largest absolute Gasteiger partial charge is 0.387 e. The predicted octanol–water partition coefficient (Wildman–Crippen LogP) is -4.25. The molecule has 0 fully saturated rings. The highest BCUT2D eigenvalue weighted by Crippen LogP contribution is 2.34. The van der Waals surface area contributed by atoms with Crippen molar-refractivity contribution in [2.24, 2.45) is 0 Å². The molecule has 22 heavy (non-hydrogen) atoms. The van der Waals surface area contributed by atoms with Gasteiger partial charge in [0.1, 0.15) is 42.7 Å². The second-order valence-electron chi connectivity index (χ2n) is 5.54. The summed E-state index contributed by atoms with van der Waals surface area (Å²) < 4.78 is 0. The fraction of sp³-hybridized carbons (Fsp3) is 0.692. The van der Waals surface area contributed by atoms with Gasteiger partial charge < -0.3 is 35.7 Å². The molecular formula is C13H18O9. The predicted molar refractivity (Wildman–Crippen MR) is 68.3 cm³/mol. The van der Waals surface area contributed by atoms with Gasteiger partial charge in [-0.05, 0) is 18.4 Å². The van der Waals surface area contributed by atoms with Crippen LogP contribution in [0.3, 0.4) is 0 Å². The zero-order chi connectivity index (χ0) is 16.8. The molecule has 124 valence electrons. The minimum absolute atomic E-state index is 0.0233. The van der Waals surface area contributed by atoms with Crippen LogP contribution >= 0.6 is 0 Å². The molecule has 9 nitrogen and oxygen atoms in total. The highest BCUT2D eigenvalue weighted by molar-refractivity contribution is 6.45. The van der Waals surface area contributed by atoms with Gasteiger partial charge in [0.05, 0.1) is 0 Å². The Labute approximate surface area is 124 Å². The van der Waals surface area contributed by atoms with Crippen molar-refractivity contribution in [1.29, 1.82) is 0 Å². The summed E-state index contributed by atoms with van der Waals surface area (Å²) in [7, 11) is 0. The summed E-state index contributed by atoms with van der Waals surface area (Å²) in [5.74, 6) is -2.54. The van der Waals surface area contributed by atoms with E-state index in [1.807, 2.05) is 0 Å². The zero-order valence-corrected chi connectivity index (χ0v) is 11.4. The van der Waals surface area contributed by atoms with E-state index in [9.17, 15) is 45.3 Å². The molecule has 0 saturated heterocycles. The molecule has 0 aromatic heterocycles. The molecule has 7 unspecified atom stereocenters. The maximum Gasteiger partial charge on any atom is 0.234 e. The Morgan fingerprint density at radius 3 is 1.55 bits per heavy atom. The molecule has 0 aromatic carbocycles. The Balaban J connectivity index is 2.46. The second kappa shape index (κ2) is 6.13. The lowest BCUT2D eigenvalue weighted by molar-refractivity contribution is -0.169. The first-order chi connectivity index (χ1) is 10.2. The summed E-state index contributed by atoms with van der Waals surface area (Å²) >= 11 is 0. The summed E-state index contributed by atoms with van der Waals surface area (Å²) in [5.41, 5.74) is -0.0870. The number of carbonyl (C=O) groups is 2. The lowest BCUT2D eigenvalue weighted by Crippen LogP contribution is -2.55. The molecule has 9 heteroatoms. The maximum atomic E-state index is 11.9. The van der Waals surface area contributed by atoms with Gasteiger partial charge >= 0.3 is 0 Å². The van der Waals surface area contributed by atoms with Gasteiger partial charge in [0.15, 0.2) is 0 Å². The molecule has 7 atom stereocenters. The molecule has 2 aliphatic carbocycles. The number of Topliss-reactive ketones (excluding diaryl/α,β-unsaturated/α-hetero) is 2. The average Bonchev–Trinajstić information content (AvgIpc) is 2.47. The Bertz CT molecular complexity index is 514. The molecule has 0 saturated carbocycles. The van der Waals surface area contributed by atoms with Crippen LogP contribution in [-0.4, -0.2) is 90.0 Å². The quantitative estimate of drug-likeness (QED) is 0.218. The van der Waals surface area contributed by atoms with E-state index in [-0.39, 0.29) is 24.0 Å². The van der Waals surface area contributed by atoms with Crippen molar-refractivity contribution in [1.82, 2.24) is 0 Å². The van der Waals surface area contributed by atoms with E-state index in [1.54, 1.807) is 0 Å². The number of hydrogen-bond donors (Lipinski definition) is 7. The molecule has 0 aliphatic heterocycles. The van der Waals surface area contributed by atoms with E-state index in [0.717, 1.165) is 0 Å². The summed E-state index contributed by atoms with van der Waals surface area (Å²) in [6.45, 7) is 0. The standard InChI is InChI=1S/C13H18O9/c14-5-3-1-2-4(3)6(15)8(17)10(19)12(21)13(22)11(20)9(18)7(5)16/h5,7,9-14,16,18-22H,1-2H2. The SMILES string of the molecule is O=C1C(=O)C(O)C(O)C(O)C(O)C(O)C(O)C(O)C2=C1CC2. The van der Waals surface area contributed by atoms with Crippen LogP contribution in [0, 0.1) is 0 Å². The van der Waals surface area contributed by atoms with Crippen molar-refractivity contribution in [3.05, 3.63) is 11.1 Å². The van der Waals surface area contributed by atoms with Crippen molar-refractivity contribution in [2.75, 3.05) is 0 Å². The topological polar surface area (TPSA) is 176 Å². The maximum absolute atomic E-state index is 11.9. The third-order valence-corrected chi connectivity index (χ3v) is 4.20. The van der Waals surface area contributed by atoms with Crippen molar-refractivity contribution >= 4 is 11.6 Å². The summed E-state index contributed by atoms with van der Waals surface area (Å²) in [6.07, 6.45) is -14.3. The number of ketones is 2. The van der Waals surface area contributed by atoms with Crippen LogP contribution in [0.4, 0.5) is 0 Å². The summed E-state index contributed by atoms with van der Waals surface area (Å²) in [4.78, 5) is 23.7. The smallest absolute Gasteiger partial charge is 0.234 e. The molecular weight excluding hydrogens is 300 g/mol. The van der Waals surface area contributed by atoms with Crippen LogP contribution in [0.1, 0.15) is 12.8 Å². The highest BCUT2D eigenvalue weighted by Gasteiger charge is 2.46. The number of aliphatic hydroxyl groups is 7. The fourth-order valence-electron chi connectivity index (χ4n) is 2.60. The van der Waals surface area contributed by atoms with E-state index < -0.39 is 54.3 Å². The van der Waals surface area contributed by atoms with Crippen molar-refractivity contribution in [3.8, 4) is 0 Å². The lowest BCUT2D eigenvalue weighted by atomic mass is 9.79.